The Kier molecular flexibility index (Phi) is 4.92. The van der Waals surface area contributed by atoms with E-state index in [0.29, 0.717) is 30.4 Å². The van der Waals surface area contributed by atoms with Crippen molar-refractivity contribution in [3.8, 4) is 11.5 Å². The molecule has 1 atom stereocenters. The molecule has 1 amide bonds. The number of halogens is 1. The Morgan fingerprint density at radius 2 is 2.12 bits per heavy atom. The molecule has 1 saturated heterocycles. The number of carbonyl (C=O) groups excluding carboxylic acids is 1. The molecule has 0 aromatic heterocycles. The van der Waals surface area contributed by atoms with Crippen LogP contribution in [0.4, 0.5) is 0 Å². The number of amides is 1. The monoisotopic (exact) mass is 346 g/mol. The number of benzene rings is 2. The first-order valence-electron chi connectivity index (χ1n) is 7.74. The fraction of sp³-hybridized carbons (Fsp3) is 0.278. The zero-order valence-electron chi connectivity index (χ0n) is 13.3. The molecule has 1 aliphatic rings. The van der Waals surface area contributed by atoms with Crippen LogP contribution in [0.25, 0.3) is 0 Å². The van der Waals surface area contributed by atoms with Gasteiger partial charge in [-0.3, -0.25) is 4.79 Å². The molecule has 5 nitrogen and oxygen atoms in total. The van der Waals surface area contributed by atoms with Crippen molar-refractivity contribution in [3.63, 3.8) is 0 Å². The molecule has 1 unspecified atom stereocenters. The molecule has 24 heavy (non-hydrogen) atoms. The van der Waals surface area contributed by atoms with Crippen molar-refractivity contribution in [3.05, 3.63) is 58.6 Å². The van der Waals surface area contributed by atoms with Crippen LogP contribution < -0.4 is 10.1 Å². The highest BCUT2D eigenvalue weighted by atomic mass is 35.5. The first-order valence-corrected chi connectivity index (χ1v) is 8.12. The van der Waals surface area contributed by atoms with E-state index in [9.17, 15) is 9.90 Å². The fourth-order valence-corrected chi connectivity index (χ4v) is 3.11. The van der Waals surface area contributed by atoms with Gasteiger partial charge in [0.2, 0.25) is 0 Å². The van der Waals surface area contributed by atoms with E-state index in [-0.39, 0.29) is 23.3 Å². The maximum absolute atomic E-state index is 12.8. The average molecular weight is 347 g/mol. The molecule has 0 radical (unpaired) electrons. The number of para-hydroxylation sites is 1. The Bertz CT molecular complexity index is 751. The average Bonchev–Trinajstić information content (AvgIpc) is 2.61. The maximum Gasteiger partial charge on any atom is 0.257 e. The van der Waals surface area contributed by atoms with Crippen molar-refractivity contribution in [1.82, 2.24) is 10.2 Å². The molecule has 2 aromatic carbocycles. The fourth-order valence-electron chi connectivity index (χ4n) is 2.91. The van der Waals surface area contributed by atoms with Crippen molar-refractivity contribution in [1.29, 1.82) is 0 Å². The first-order chi connectivity index (χ1) is 11.6. The lowest BCUT2D eigenvalue weighted by atomic mass is 10.0. The van der Waals surface area contributed by atoms with E-state index in [1.54, 1.807) is 23.1 Å². The van der Waals surface area contributed by atoms with Crippen LogP contribution >= 0.6 is 11.6 Å². The third-order valence-electron chi connectivity index (χ3n) is 4.16. The van der Waals surface area contributed by atoms with Crippen LogP contribution in [0.15, 0.2) is 42.5 Å². The van der Waals surface area contributed by atoms with Gasteiger partial charge in [0.05, 0.1) is 18.7 Å². The second-order valence-electron chi connectivity index (χ2n) is 5.67. The third-order valence-corrected chi connectivity index (χ3v) is 4.40. The van der Waals surface area contributed by atoms with Crippen molar-refractivity contribution < 1.29 is 14.6 Å². The van der Waals surface area contributed by atoms with Gasteiger partial charge < -0.3 is 20.1 Å². The number of piperazine rings is 1. The molecule has 0 bridgehead atoms. The van der Waals surface area contributed by atoms with Crippen LogP contribution in [-0.2, 0) is 0 Å². The van der Waals surface area contributed by atoms with Crippen LogP contribution in [-0.4, -0.2) is 42.7 Å². The highest BCUT2D eigenvalue weighted by molar-refractivity contribution is 6.30. The van der Waals surface area contributed by atoms with Crippen molar-refractivity contribution >= 4 is 17.5 Å². The van der Waals surface area contributed by atoms with Crippen molar-refractivity contribution in [2.45, 2.75) is 6.04 Å². The predicted molar refractivity (Wildman–Crippen MR) is 92.8 cm³/mol. The molecule has 1 fully saturated rings. The summed E-state index contributed by atoms with van der Waals surface area (Å²) in [5.74, 6) is -0.0369. The lowest BCUT2D eigenvalue weighted by molar-refractivity contribution is 0.0699. The molecule has 0 spiro atoms. The van der Waals surface area contributed by atoms with E-state index < -0.39 is 0 Å². The van der Waals surface area contributed by atoms with E-state index in [0.717, 1.165) is 5.56 Å². The quantitative estimate of drug-likeness (QED) is 0.897. The molecule has 1 heterocycles. The Balaban J connectivity index is 1.81. The smallest absolute Gasteiger partial charge is 0.257 e. The summed E-state index contributed by atoms with van der Waals surface area (Å²) < 4.78 is 5.08. The van der Waals surface area contributed by atoms with Crippen LogP contribution in [0.3, 0.4) is 0 Å². The molecule has 2 N–H and O–H groups in total. The van der Waals surface area contributed by atoms with E-state index in [4.69, 9.17) is 16.3 Å². The Morgan fingerprint density at radius 3 is 2.88 bits per heavy atom. The lowest BCUT2D eigenvalue weighted by Crippen LogP contribution is -2.48. The number of hydrogen-bond donors (Lipinski definition) is 2. The van der Waals surface area contributed by atoms with E-state index in [2.05, 4.69) is 5.32 Å². The van der Waals surface area contributed by atoms with Gasteiger partial charge in [-0.2, -0.15) is 0 Å². The van der Waals surface area contributed by atoms with E-state index in [1.807, 2.05) is 24.3 Å². The van der Waals surface area contributed by atoms with Gasteiger partial charge >= 0.3 is 0 Å². The summed E-state index contributed by atoms with van der Waals surface area (Å²) in [6.07, 6.45) is 0. The van der Waals surface area contributed by atoms with E-state index >= 15 is 0 Å². The number of ether oxygens (including phenoxy) is 1. The highest BCUT2D eigenvalue weighted by Gasteiger charge is 2.27. The topological polar surface area (TPSA) is 61.8 Å². The minimum atomic E-state index is -0.208. The van der Waals surface area contributed by atoms with Crippen molar-refractivity contribution in [2.75, 3.05) is 26.7 Å². The summed E-state index contributed by atoms with van der Waals surface area (Å²) in [6.45, 7) is 1.76. The summed E-state index contributed by atoms with van der Waals surface area (Å²) in [5.41, 5.74) is 1.29. The zero-order chi connectivity index (χ0) is 17.1. The lowest BCUT2D eigenvalue weighted by Gasteiger charge is -2.34. The molecule has 0 saturated carbocycles. The van der Waals surface area contributed by atoms with Crippen LogP contribution in [0, 0.1) is 0 Å². The van der Waals surface area contributed by atoms with Gasteiger partial charge in [0.1, 0.15) is 0 Å². The SMILES string of the molecule is COc1cccc(C(=O)N2CCNC(c3cccc(Cl)c3)C2)c1O. The molecule has 126 valence electrons. The summed E-state index contributed by atoms with van der Waals surface area (Å²) in [6, 6.07) is 12.5. The van der Waals surface area contributed by atoms with Gasteiger partial charge in [-0.05, 0) is 29.8 Å². The molecular formula is C18H19ClN2O3. The summed E-state index contributed by atoms with van der Waals surface area (Å²) in [4.78, 5) is 14.5. The number of nitrogens with one attached hydrogen (secondary N) is 1. The molecule has 0 aliphatic carbocycles. The maximum atomic E-state index is 12.8. The van der Waals surface area contributed by atoms with Crippen LogP contribution in [0.1, 0.15) is 22.0 Å². The number of methoxy groups -OCH3 is 1. The second-order valence-corrected chi connectivity index (χ2v) is 6.11. The van der Waals surface area contributed by atoms with Gasteiger partial charge in [0, 0.05) is 24.7 Å². The number of phenols is 1. The number of hydrogen-bond acceptors (Lipinski definition) is 4. The number of phenolic OH excluding ortho intramolecular Hbond substituents is 1. The number of aromatic hydroxyl groups is 1. The standard InChI is InChI=1S/C18H19ClN2O3/c1-24-16-7-3-6-14(17(16)22)18(23)21-9-8-20-15(11-21)12-4-2-5-13(19)10-12/h2-7,10,15,20,22H,8-9,11H2,1H3. The second kappa shape index (κ2) is 7.11. The van der Waals surface area contributed by atoms with Gasteiger partial charge in [-0.25, -0.2) is 0 Å². The number of rotatable bonds is 3. The summed E-state index contributed by atoms with van der Waals surface area (Å²) in [7, 11) is 1.46. The third kappa shape index (κ3) is 3.32. The Labute approximate surface area is 145 Å². The van der Waals surface area contributed by atoms with Crippen molar-refractivity contribution in [2.24, 2.45) is 0 Å². The Hall–Kier alpha value is -2.24. The molecule has 6 heteroatoms. The summed E-state index contributed by atoms with van der Waals surface area (Å²) in [5, 5.41) is 14.3. The predicted octanol–water partition coefficient (Wildman–Crippen LogP) is 2.84. The van der Waals surface area contributed by atoms with E-state index in [1.165, 1.54) is 7.11 Å². The largest absolute Gasteiger partial charge is 0.504 e. The summed E-state index contributed by atoms with van der Waals surface area (Å²) >= 11 is 6.06. The minimum Gasteiger partial charge on any atom is -0.504 e. The Morgan fingerprint density at radius 1 is 1.33 bits per heavy atom. The highest BCUT2D eigenvalue weighted by Crippen LogP contribution is 2.31. The molecule has 3 rings (SSSR count). The molecular weight excluding hydrogens is 328 g/mol. The number of carbonyl (C=O) groups is 1. The van der Waals surface area contributed by atoms with Gasteiger partial charge in [0.25, 0.3) is 5.91 Å². The van der Waals surface area contributed by atoms with Crippen LogP contribution in [0.5, 0.6) is 11.5 Å². The normalized spacial score (nSPS) is 17.6. The molecule has 1 aliphatic heterocycles. The zero-order valence-corrected chi connectivity index (χ0v) is 14.1. The van der Waals surface area contributed by atoms with Gasteiger partial charge in [-0.1, -0.05) is 29.8 Å². The van der Waals surface area contributed by atoms with Crippen LogP contribution in [0.2, 0.25) is 5.02 Å². The number of nitrogens with zero attached hydrogens (tertiary/aromatic N) is 1. The van der Waals surface area contributed by atoms with Gasteiger partial charge in [-0.15, -0.1) is 0 Å². The first kappa shape index (κ1) is 16.6. The van der Waals surface area contributed by atoms with Gasteiger partial charge in [0.15, 0.2) is 11.5 Å². The molecule has 2 aromatic rings. The minimum absolute atomic E-state index is 0.00847.